The van der Waals surface area contributed by atoms with Crippen LogP contribution in [0.3, 0.4) is 0 Å². The number of aliphatic carboxylic acids is 1. The van der Waals surface area contributed by atoms with Crippen molar-refractivity contribution in [3.8, 4) is 0 Å². The van der Waals surface area contributed by atoms with Gasteiger partial charge in [0.1, 0.15) is 12.2 Å². The van der Waals surface area contributed by atoms with E-state index in [0.29, 0.717) is 31.9 Å². The van der Waals surface area contributed by atoms with E-state index >= 15 is 0 Å². The summed E-state index contributed by atoms with van der Waals surface area (Å²) in [5.74, 6) is -1.77. The summed E-state index contributed by atoms with van der Waals surface area (Å²) < 4.78 is 0. The van der Waals surface area contributed by atoms with Crippen molar-refractivity contribution in [2.45, 2.75) is 26.8 Å². The maximum atomic E-state index is 12.7. The number of nitrogens with zero attached hydrogens (tertiary/aromatic N) is 4. The first kappa shape index (κ1) is 21.1. The quantitative estimate of drug-likeness (QED) is 0.570. The average molecular weight is 392 g/mol. The maximum absolute atomic E-state index is 12.7. The van der Waals surface area contributed by atoms with Crippen LogP contribution in [0.15, 0.2) is 18.2 Å². The third-order valence-corrected chi connectivity index (χ3v) is 4.67. The molecule has 1 N–H and O–H groups in total. The Balaban J connectivity index is 2.30. The zero-order valence-electron chi connectivity index (χ0n) is 16.1. The lowest BCUT2D eigenvalue weighted by molar-refractivity contribution is -0.384. The summed E-state index contributed by atoms with van der Waals surface area (Å²) in [6.07, 6.45) is 0. The lowest BCUT2D eigenvalue weighted by atomic mass is 10.1. The number of carbonyl (C=O) groups excluding carboxylic acids is 2. The van der Waals surface area contributed by atoms with Crippen LogP contribution in [0.1, 0.15) is 31.1 Å². The summed E-state index contributed by atoms with van der Waals surface area (Å²) in [5, 5.41) is 20.6. The molecule has 10 heteroatoms. The Labute approximate surface area is 162 Å². The van der Waals surface area contributed by atoms with E-state index in [1.54, 1.807) is 18.7 Å². The van der Waals surface area contributed by atoms with Crippen LogP contribution in [-0.4, -0.2) is 76.4 Å². The van der Waals surface area contributed by atoms with Gasteiger partial charge in [-0.3, -0.25) is 24.5 Å². The van der Waals surface area contributed by atoms with Gasteiger partial charge >= 0.3 is 5.97 Å². The van der Waals surface area contributed by atoms with Crippen LogP contribution in [0.2, 0.25) is 0 Å². The number of anilines is 1. The van der Waals surface area contributed by atoms with Crippen LogP contribution < -0.4 is 4.90 Å². The number of nitro benzene ring substituents is 1. The Morgan fingerprint density at radius 1 is 1.21 bits per heavy atom. The first-order valence-electron chi connectivity index (χ1n) is 8.93. The zero-order chi connectivity index (χ0) is 21.0. The van der Waals surface area contributed by atoms with E-state index in [4.69, 9.17) is 5.11 Å². The molecule has 1 saturated heterocycles. The number of carboxylic acid groups (broad SMARTS) is 1. The zero-order valence-corrected chi connectivity index (χ0v) is 16.1. The van der Waals surface area contributed by atoms with Gasteiger partial charge in [0.15, 0.2) is 0 Å². The van der Waals surface area contributed by atoms with E-state index in [0.717, 1.165) is 4.90 Å². The summed E-state index contributed by atoms with van der Waals surface area (Å²) >= 11 is 0. The van der Waals surface area contributed by atoms with E-state index in [-0.39, 0.29) is 23.2 Å². The summed E-state index contributed by atoms with van der Waals surface area (Å²) in [4.78, 5) is 50.8. The molecule has 0 radical (unpaired) electrons. The minimum absolute atomic E-state index is 0.0395. The van der Waals surface area contributed by atoms with Crippen LogP contribution in [-0.2, 0) is 9.59 Å². The Morgan fingerprint density at radius 2 is 1.82 bits per heavy atom. The van der Waals surface area contributed by atoms with Gasteiger partial charge in [-0.2, -0.15) is 0 Å². The number of hydrogen-bond acceptors (Lipinski definition) is 6. The summed E-state index contributed by atoms with van der Waals surface area (Å²) in [6, 6.07) is 3.79. The van der Waals surface area contributed by atoms with Crippen molar-refractivity contribution in [1.82, 2.24) is 9.80 Å². The summed E-state index contributed by atoms with van der Waals surface area (Å²) in [6.45, 7) is 6.18. The highest BCUT2D eigenvalue weighted by Gasteiger charge is 2.28. The molecule has 1 fully saturated rings. The minimum Gasteiger partial charge on any atom is -0.480 e. The van der Waals surface area contributed by atoms with Crippen molar-refractivity contribution in [1.29, 1.82) is 0 Å². The molecule has 1 heterocycles. The number of amides is 2. The molecular formula is C18H24N4O6. The van der Waals surface area contributed by atoms with Crippen LogP contribution in [0.5, 0.6) is 0 Å². The molecule has 0 atom stereocenters. The number of piperazine rings is 1. The lowest BCUT2D eigenvalue weighted by Crippen LogP contribution is -2.48. The molecule has 1 aromatic carbocycles. The fourth-order valence-electron chi connectivity index (χ4n) is 3.13. The second-order valence-corrected chi connectivity index (χ2v) is 6.87. The largest absolute Gasteiger partial charge is 0.480 e. The SMILES string of the molecule is CC(=O)N1CCN(c2ccc(C(=O)N(CC(=O)O)C(C)C)cc2[N+](=O)[O-])CC1. The normalized spacial score (nSPS) is 14.1. The van der Waals surface area contributed by atoms with Gasteiger partial charge in [0.2, 0.25) is 5.91 Å². The Morgan fingerprint density at radius 3 is 2.29 bits per heavy atom. The number of nitro groups is 1. The third kappa shape index (κ3) is 4.76. The molecule has 0 aromatic heterocycles. The third-order valence-electron chi connectivity index (χ3n) is 4.67. The second kappa shape index (κ2) is 8.68. The molecule has 152 valence electrons. The van der Waals surface area contributed by atoms with E-state index in [2.05, 4.69) is 0 Å². The van der Waals surface area contributed by atoms with Gasteiger partial charge in [-0.15, -0.1) is 0 Å². The van der Waals surface area contributed by atoms with E-state index in [9.17, 15) is 24.5 Å². The first-order chi connectivity index (χ1) is 13.1. The molecule has 2 amide bonds. The Bertz CT molecular complexity index is 786. The molecule has 0 spiro atoms. The molecule has 0 saturated carbocycles. The van der Waals surface area contributed by atoms with Crippen molar-refractivity contribution in [3.05, 3.63) is 33.9 Å². The van der Waals surface area contributed by atoms with Crippen LogP contribution in [0.25, 0.3) is 0 Å². The summed E-state index contributed by atoms with van der Waals surface area (Å²) in [7, 11) is 0. The number of benzene rings is 1. The second-order valence-electron chi connectivity index (χ2n) is 6.87. The van der Waals surface area contributed by atoms with E-state index in [1.807, 2.05) is 4.90 Å². The van der Waals surface area contributed by atoms with Gasteiger partial charge in [0, 0.05) is 50.8 Å². The molecule has 1 aliphatic heterocycles. The molecule has 0 bridgehead atoms. The molecule has 28 heavy (non-hydrogen) atoms. The van der Waals surface area contributed by atoms with Crippen molar-refractivity contribution in [2.24, 2.45) is 0 Å². The molecular weight excluding hydrogens is 368 g/mol. The molecule has 2 rings (SSSR count). The van der Waals surface area contributed by atoms with Gasteiger partial charge in [-0.05, 0) is 26.0 Å². The van der Waals surface area contributed by atoms with Gasteiger partial charge in [0.25, 0.3) is 11.6 Å². The van der Waals surface area contributed by atoms with Crippen LogP contribution in [0.4, 0.5) is 11.4 Å². The first-order valence-corrected chi connectivity index (χ1v) is 8.93. The highest BCUT2D eigenvalue weighted by Crippen LogP contribution is 2.30. The Hall–Kier alpha value is -3.17. The molecule has 10 nitrogen and oxygen atoms in total. The van der Waals surface area contributed by atoms with Gasteiger partial charge < -0.3 is 19.8 Å². The standard InChI is InChI=1S/C18H24N4O6/c1-12(2)21(11-17(24)25)18(26)14-4-5-15(16(10-14)22(27)28)20-8-6-19(7-9-20)13(3)23/h4-5,10,12H,6-9,11H2,1-3H3,(H,24,25). The average Bonchev–Trinajstić information content (AvgIpc) is 2.64. The topological polar surface area (TPSA) is 124 Å². The van der Waals surface area contributed by atoms with Crippen molar-refractivity contribution < 1.29 is 24.4 Å². The lowest BCUT2D eigenvalue weighted by Gasteiger charge is -2.35. The van der Waals surface area contributed by atoms with Crippen molar-refractivity contribution in [3.63, 3.8) is 0 Å². The Kier molecular flexibility index (Phi) is 6.55. The van der Waals surface area contributed by atoms with Gasteiger partial charge in [0.05, 0.1) is 4.92 Å². The van der Waals surface area contributed by atoms with Crippen LogP contribution >= 0.6 is 0 Å². The van der Waals surface area contributed by atoms with Gasteiger partial charge in [-0.1, -0.05) is 0 Å². The maximum Gasteiger partial charge on any atom is 0.323 e. The molecule has 0 aliphatic carbocycles. The number of hydrogen-bond donors (Lipinski definition) is 1. The smallest absolute Gasteiger partial charge is 0.323 e. The van der Waals surface area contributed by atoms with Crippen molar-refractivity contribution >= 4 is 29.2 Å². The molecule has 1 aromatic rings. The molecule has 0 unspecified atom stereocenters. The highest BCUT2D eigenvalue weighted by atomic mass is 16.6. The monoisotopic (exact) mass is 392 g/mol. The van der Waals surface area contributed by atoms with Crippen molar-refractivity contribution in [2.75, 3.05) is 37.6 Å². The number of rotatable bonds is 6. The highest BCUT2D eigenvalue weighted by molar-refractivity contribution is 5.97. The predicted molar refractivity (Wildman–Crippen MR) is 101 cm³/mol. The summed E-state index contributed by atoms with van der Waals surface area (Å²) in [5.41, 5.74) is 0.216. The van der Waals surface area contributed by atoms with Gasteiger partial charge in [-0.25, -0.2) is 0 Å². The minimum atomic E-state index is -1.16. The van der Waals surface area contributed by atoms with Crippen LogP contribution in [0, 0.1) is 10.1 Å². The van der Waals surface area contributed by atoms with E-state index < -0.39 is 23.3 Å². The fourth-order valence-corrected chi connectivity index (χ4v) is 3.13. The van der Waals surface area contributed by atoms with E-state index in [1.165, 1.54) is 25.1 Å². The number of carbonyl (C=O) groups is 3. The molecule has 1 aliphatic rings. The number of carboxylic acids is 1. The predicted octanol–water partition coefficient (Wildman–Crippen LogP) is 1.20. The fraction of sp³-hybridized carbons (Fsp3) is 0.500.